The molecule has 2 aromatic rings. The van der Waals surface area contributed by atoms with Gasteiger partial charge in [0.25, 0.3) is 0 Å². The Balaban J connectivity index is 2.84. The van der Waals surface area contributed by atoms with E-state index in [9.17, 15) is 4.79 Å². The molecule has 0 saturated carbocycles. The zero-order valence-corrected chi connectivity index (χ0v) is 7.56. The van der Waals surface area contributed by atoms with Crippen molar-refractivity contribution in [2.24, 2.45) is 0 Å². The van der Waals surface area contributed by atoms with E-state index in [4.69, 9.17) is 10.8 Å². The molecule has 0 spiro atoms. The van der Waals surface area contributed by atoms with Gasteiger partial charge in [0.15, 0.2) is 0 Å². The zero-order valence-electron chi connectivity index (χ0n) is 7.56. The topological polar surface area (TPSA) is 81.1 Å². The van der Waals surface area contributed by atoms with Gasteiger partial charge in [-0.1, -0.05) is 0 Å². The second-order valence-corrected chi connectivity index (χ2v) is 3.10. The Morgan fingerprint density at radius 3 is 3.00 bits per heavy atom. The number of carboxylic acid groups (broad SMARTS) is 1. The second-order valence-electron chi connectivity index (χ2n) is 3.10. The minimum atomic E-state index is -1.04. The molecule has 0 unspecified atom stereocenters. The molecule has 2 aromatic heterocycles. The van der Waals surface area contributed by atoms with Crippen molar-refractivity contribution in [1.29, 1.82) is 0 Å². The average molecular weight is 191 g/mol. The van der Waals surface area contributed by atoms with Gasteiger partial charge in [-0.25, -0.2) is 14.3 Å². The molecule has 72 valence electrons. The smallest absolute Gasteiger partial charge is 0.417 e. The van der Waals surface area contributed by atoms with Crippen LogP contribution in [0.2, 0.25) is 0 Å². The fourth-order valence-corrected chi connectivity index (χ4v) is 1.43. The van der Waals surface area contributed by atoms with E-state index < -0.39 is 6.09 Å². The molecule has 5 nitrogen and oxygen atoms in total. The number of anilines is 1. The van der Waals surface area contributed by atoms with Crippen LogP contribution >= 0.6 is 0 Å². The van der Waals surface area contributed by atoms with Gasteiger partial charge in [-0.15, -0.1) is 0 Å². The highest BCUT2D eigenvalue weighted by molar-refractivity contribution is 5.89. The summed E-state index contributed by atoms with van der Waals surface area (Å²) in [6, 6.07) is 1.72. The van der Waals surface area contributed by atoms with Crippen LogP contribution in [0.5, 0.6) is 0 Å². The number of nitrogens with zero attached hydrogens (tertiary/aromatic N) is 2. The summed E-state index contributed by atoms with van der Waals surface area (Å²) in [6.07, 6.45) is 1.93. The van der Waals surface area contributed by atoms with Gasteiger partial charge in [0.2, 0.25) is 0 Å². The molecule has 0 aliphatic carbocycles. The Hall–Kier alpha value is -2.04. The molecule has 3 N–H and O–H groups in total. The fraction of sp³-hybridized carbons (Fsp3) is 0.111. The monoisotopic (exact) mass is 191 g/mol. The molecule has 0 aliphatic heterocycles. The first-order chi connectivity index (χ1) is 6.59. The van der Waals surface area contributed by atoms with Crippen molar-refractivity contribution < 1.29 is 9.90 Å². The lowest BCUT2D eigenvalue weighted by Crippen LogP contribution is -2.06. The molecule has 2 rings (SSSR count). The summed E-state index contributed by atoms with van der Waals surface area (Å²) in [5, 5.41) is 9.63. The van der Waals surface area contributed by atoms with E-state index >= 15 is 0 Å². The number of aryl methyl sites for hydroxylation is 1. The third-order valence-corrected chi connectivity index (χ3v) is 2.07. The van der Waals surface area contributed by atoms with Crippen molar-refractivity contribution in [3.8, 4) is 0 Å². The summed E-state index contributed by atoms with van der Waals surface area (Å²) >= 11 is 0. The van der Waals surface area contributed by atoms with Gasteiger partial charge in [-0.3, -0.25) is 0 Å². The van der Waals surface area contributed by atoms with Crippen LogP contribution in [0.25, 0.3) is 11.0 Å². The van der Waals surface area contributed by atoms with Crippen LogP contribution < -0.4 is 5.73 Å². The van der Waals surface area contributed by atoms with Crippen molar-refractivity contribution >= 4 is 22.8 Å². The van der Waals surface area contributed by atoms with Crippen molar-refractivity contribution in [3.63, 3.8) is 0 Å². The summed E-state index contributed by atoms with van der Waals surface area (Å²) in [5.41, 5.74) is 7.36. The van der Waals surface area contributed by atoms with E-state index in [2.05, 4.69) is 4.98 Å². The first-order valence-electron chi connectivity index (χ1n) is 4.06. The van der Waals surface area contributed by atoms with E-state index in [1.165, 1.54) is 12.4 Å². The van der Waals surface area contributed by atoms with E-state index in [0.29, 0.717) is 11.3 Å². The Morgan fingerprint density at radius 2 is 2.36 bits per heavy atom. The summed E-state index contributed by atoms with van der Waals surface area (Å²) < 4.78 is 1.09. The number of pyridine rings is 1. The van der Waals surface area contributed by atoms with Crippen molar-refractivity contribution in [1.82, 2.24) is 9.55 Å². The Labute approximate surface area is 79.8 Å². The first kappa shape index (κ1) is 8.55. The number of nitrogen functional groups attached to an aromatic ring is 1. The molecular formula is C9H9N3O2. The van der Waals surface area contributed by atoms with Crippen LogP contribution in [0.4, 0.5) is 10.5 Å². The Kier molecular flexibility index (Phi) is 1.67. The number of nitrogens with two attached hydrogens (primary N) is 1. The molecule has 0 fully saturated rings. The molecule has 2 heterocycles. The van der Waals surface area contributed by atoms with Crippen molar-refractivity contribution in [2.75, 3.05) is 5.73 Å². The van der Waals surface area contributed by atoms with Gasteiger partial charge >= 0.3 is 6.09 Å². The maximum Gasteiger partial charge on any atom is 0.417 e. The quantitative estimate of drug-likeness (QED) is 0.660. The lowest BCUT2D eigenvalue weighted by atomic mass is 10.2. The van der Waals surface area contributed by atoms with Crippen molar-refractivity contribution in [3.05, 3.63) is 24.0 Å². The molecule has 0 atom stereocenters. The van der Waals surface area contributed by atoms with E-state index in [-0.39, 0.29) is 0 Å². The summed E-state index contributed by atoms with van der Waals surface area (Å²) in [6.45, 7) is 1.82. The van der Waals surface area contributed by atoms with E-state index in [1.54, 1.807) is 6.07 Å². The summed E-state index contributed by atoms with van der Waals surface area (Å²) in [5.74, 6) is 0. The van der Waals surface area contributed by atoms with Crippen LogP contribution in [0.3, 0.4) is 0 Å². The predicted octanol–water partition coefficient (Wildman–Crippen LogP) is 1.45. The summed E-state index contributed by atoms with van der Waals surface area (Å²) in [4.78, 5) is 14.8. The van der Waals surface area contributed by atoms with E-state index in [0.717, 1.165) is 15.5 Å². The van der Waals surface area contributed by atoms with Crippen LogP contribution in [0.1, 0.15) is 5.56 Å². The molecule has 0 bridgehead atoms. The van der Waals surface area contributed by atoms with Crippen LogP contribution in [-0.2, 0) is 0 Å². The highest BCUT2D eigenvalue weighted by Crippen LogP contribution is 2.20. The molecule has 0 radical (unpaired) electrons. The largest absolute Gasteiger partial charge is 0.464 e. The molecule has 0 saturated heterocycles. The predicted molar refractivity (Wildman–Crippen MR) is 52.3 cm³/mol. The first-order valence-corrected chi connectivity index (χ1v) is 4.06. The summed E-state index contributed by atoms with van der Waals surface area (Å²) in [7, 11) is 0. The third-order valence-electron chi connectivity index (χ3n) is 2.07. The zero-order chi connectivity index (χ0) is 10.3. The number of rotatable bonds is 0. The maximum absolute atomic E-state index is 10.8. The van der Waals surface area contributed by atoms with Crippen LogP contribution in [0, 0.1) is 6.92 Å². The normalized spacial score (nSPS) is 10.6. The highest BCUT2D eigenvalue weighted by atomic mass is 16.4. The van der Waals surface area contributed by atoms with Gasteiger partial charge in [0.05, 0.1) is 11.9 Å². The molecular weight excluding hydrogens is 182 g/mol. The van der Waals surface area contributed by atoms with Gasteiger partial charge in [-0.2, -0.15) is 0 Å². The highest BCUT2D eigenvalue weighted by Gasteiger charge is 2.11. The number of aromatic nitrogens is 2. The molecule has 0 amide bonds. The Morgan fingerprint density at radius 1 is 1.64 bits per heavy atom. The fourth-order valence-electron chi connectivity index (χ4n) is 1.43. The molecule has 14 heavy (non-hydrogen) atoms. The van der Waals surface area contributed by atoms with Crippen molar-refractivity contribution in [2.45, 2.75) is 6.92 Å². The van der Waals surface area contributed by atoms with E-state index in [1.807, 2.05) is 6.92 Å². The lowest BCUT2D eigenvalue weighted by molar-refractivity contribution is 0.197. The SMILES string of the molecule is Cc1cn(C(=O)O)c2ncc(N)cc12. The van der Waals surface area contributed by atoms with Gasteiger partial charge in [0.1, 0.15) is 5.65 Å². The maximum atomic E-state index is 10.8. The average Bonchev–Trinajstić information content (AvgIpc) is 2.44. The van der Waals surface area contributed by atoms with Crippen LogP contribution in [0.15, 0.2) is 18.5 Å². The minimum Gasteiger partial charge on any atom is -0.464 e. The Bertz CT molecular complexity index is 516. The second kappa shape index (κ2) is 2.73. The minimum absolute atomic E-state index is 0.421. The number of hydrogen-bond acceptors (Lipinski definition) is 3. The molecule has 5 heteroatoms. The van der Waals surface area contributed by atoms with Gasteiger partial charge < -0.3 is 10.8 Å². The number of hydrogen-bond donors (Lipinski definition) is 2. The standard InChI is InChI=1S/C9H9N3O2/c1-5-4-12(9(13)14)8-7(5)2-6(10)3-11-8/h2-4H,10H2,1H3,(H,13,14). The molecule has 0 aliphatic rings. The lowest BCUT2D eigenvalue weighted by Gasteiger charge is -1.96. The number of fused-ring (bicyclic) bond motifs is 1. The third kappa shape index (κ3) is 1.10. The number of carbonyl (C=O) groups is 1. The van der Waals surface area contributed by atoms with Crippen LogP contribution in [-0.4, -0.2) is 20.8 Å². The van der Waals surface area contributed by atoms with Gasteiger partial charge in [0, 0.05) is 11.6 Å². The van der Waals surface area contributed by atoms with Gasteiger partial charge in [-0.05, 0) is 18.6 Å². The molecule has 0 aromatic carbocycles.